The number of carbonyl (C=O) groups is 9. The first-order chi connectivity index (χ1) is 27.0. The van der Waals surface area contributed by atoms with E-state index in [1.54, 1.807) is 19.9 Å². The molecule has 1 aromatic heterocycles. The zero-order valence-electron chi connectivity index (χ0n) is 31.1. The van der Waals surface area contributed by atoms with Gasteiger partial charge in [0, 0.05) is 36.6 Å². The number of H-pyrrole nitrogens is 1. The van der Waals surface area contributed by atoms with E-state index in [1.807, 2.05) is 0 Å². The minimum atomic E-state index is -1.65. The number of benzene rings is 1. The zero-order chi connectivity index (χ0) is 41.6. The molecule has 12 N–H and O–H groups in total. The second-order valence-corrected chi connectivity index (χ2v) is 15.2. The molecule has 3 aliphatic heterocycles. The fourth-order valence-electron chi connectivity index (χ4n) is 6.76. The Morgan fingerprint density at radius 3 is 2.18 bits per heavy atom. The Morgan fingerprint density at radius 2 is 1.51 bits per heavy atom. The van der Waals surface area contributed by atoms with Crippen molar-refractivity contribution in [1.29, 1.82) is 0 Å². The van der Waals surface area contributed by atoms with Crippen molar-refractivity contribution in [2.45, 2.75) is 80.9 Å². The van der Waals surface area contributed by atoms with Gasteiger partial charge in [-0.15, -0.1) is 11.8 Å². The number of nitrogens with one attached hydrogen (secondary N) is 8. The van der Waals surface area contributed by atoms with Gasteiger partial charge >= 0.3 is 0 Å². The summed E-state index contributed by atoms with van der Waals surface area (Å²) in [4.78, 5) is 125. The molecule has 7 atom stereocenters. The van der Waals surface area contributed by atoms with Crippen LogP contribution in [0.15, 0.2) is 23.2 Å². The van der Waals surface area contributed by atoms with E-state index >= 15 is 0 Å². The highest BCUT2D eigenvalue weighted by atomic mass is 32.2. The molecule has 2 aromatic rings. The molecule has 1 unspecified atom stereocenters. The van der Waals surface area contributed by atoms with Crippen LogP contribution in [0.25, 0.3) is 10.9 Å². The number of aromatic amines is 1. The molecule has 5 rings (SSSR count). The number of aromatic nitrogens is 1. The van der Waals surface area contributed by atoms with E-state index in [-0.39, 0.29) is 30.9 Å². The van der Waals surface area contributed by atoms with Crippen LogP contribution < -0.4 is 43.0 Å². The number of fused-ring (bicyclic) bond motifs is 5. The summed E-state index contributed by atoms with van der Waals surface area (Å²) >= 11 is 0.998. The number of hydrogen-bond acceptors (Lipinski definition) is 12. The number of amides is 9. The molecule has 0 spiro atoms. The largest absolute Gasteiger partial charge is 0.508 e. The maximum Gasteiger partial charge on any atom is 0.246 e. The van der Waals surface area contributed by atoms with Gasteiger partial charge in [-0.25, -0.2) is 0 Å². The van der Waals surface area contributed by atoms with E-state index < -0.39 is 121 Å². The second-order valence-electron chi connectivity index (χ2n) is 14.1. The monoisotopic (exact) mass is 814 g/mol. The van der Waals surface area contributed by atoms with Crippen LogP contribution >= 0.6 is 11.8 Å². The van der Waals surface area contributed by atoms with Gasteiger partial charge in [-0.1, -0.05) is 20.3 Å². The molecule has 57 heavy (non-hydrogen) atoms. The van der Waals surface area contributed by atoms with Crippen molar-refractivity contribution in [3.63, 3.8) is 0 Å². The van der Waals surface area contributed by atoms with Crippen molar-refractivity contribution >= 4 is 75.8 Å². The predicted molar refractivity (Wildman–Crippen MR) is 201 cm³/mol. The van der Waals surface area contributed by atoms with Gasteiger partial charge in [0.25, 0.3) is 0 Å². The molecule has 4 heterocycles. The summed E-state index contributed by atoms with van der Waals surface area (Å²) in [7, 11) is 0. The number of phenols is 1. The summed E-state index contributed by atoms with van der Waals surface area (Å²) in [5, 5.41) is 39.0. The highest BCUT2D eigenvalue weighted by molar-refractivity contribution is 7.99. The van der Waals surface area contributed by atoms with Crippen molar-refractivity contribution in [1.82, 2.24) is 47.1 Å². The van der Waals surface area contributed by atoms with E-state index in [0.29, 0.717) is 27.9 Å². The molecule has 3 aliphatic rings. The van der Waals surface area contributed by atoms with Crippen LogP contribution in [0.1, 0.15) is 38.7 Å². The maximum absolute atomic E-state index is 14.0. The third kappa shape index (κ3) is 10.5. The van der Waals surface area contributed by atoms with Crippen molar-refractivity contribution in [3.05, 3.63) is 23.8 Å². The van der Waals surface area contributed by atoms with E-state index in [4.69, 9.17) is 5.73 Å². The van der Waals surface area contributed by atoms with Gasteiger partial charge in [0.1, 0.15) is 36.0 Å². The highest BCUT2D eigenvalue weighted by Crippen LogP contribution is 2.33. The molecule has 1 fully saturated rings. The van der Waals surface area contributed by atoms with Crippen LogP contribution in [0.3, 0.4) is 0 Å². The quantitative estimate of drug-likeness (QED) is 0.140. The third-order valence-electron chi connectivity index (χ3n) is 9.92. The summed E-state index contributed by atoms with van der Waals surface area (Å²) in [6, 6.07) is -2.62. The van der Waals surface area contributed by atoms with Gasteiger partial charge in [0.05, 0.1) is 42.7 Å². The van der Waals surface area contributed by atoms with E-state index in [9.17, 15) is 53.4 Å². The Bertz CT molecular complexity index is 1960. The fourth-order valence-corrected chi connectivity index (χ4v) is 7.88. The van der Waals surface area contributed by atoms with E-state index in [0.717, 1.165) is 16.7 Å². The molecule has 0 aliphatic carbocycles. The lowest BCUT2D eigenvalue weighted by atomic mass is 9.98. The molecule has 308 valence electrons. The fraction of sp³-hybridized carbons (Fsp3) is 0.514. The summed E-state index contributed by atoms with van der Waals surface area (Å²) in [5.74, 6) is -8.50. The number of rotatable bonds is 4. The molecule has 9 amide bonds. The van der Waals surface area contributed by atoms with Crippen molar-refractivity contribution in [2.24, 2.45) is 11.7 Å². The van der Waals surface area contributed by atoms with Crippen LogP contribution in [-0.4, -0.2) is 142 Å². The van der Waals surface area contributed by atoms with Crippen LogP contribution in [0.2, 0.25) is 0 Å². The number of phenolic OH excluding ortho intramolecular Hbond substituents is 1. The summed E-state index contributed by atoms with van der Waals surface area (Å²) in [5.41, 5.74) is 6.28. The highest BCUT2D eigenvalue weighted by Gasteiger charge is 2.43. The lowest BCUT2D eigenvalue weighted by Gasteiger charge is -2.29. The minimum Gasteiger partial charge on any atom is -0.508 e. The number of aliphatic hydroxyl groups excluding tert-OH is 1. The molecule has 2 bridgehead atoms. The van der Waals surface area contributed by atoms with Gasteiger partial charge in [0.15, 0.2) is 0 Å². The minimum absolute atomic E-state index is 0.104. The van der Waals surface area contributed by atoms with Crippen molar-refractivity contribution in [3.8, 4) is 5.75 Å². The SMILES string of the molecule is CCC(C)[C@@H]1NC(=O)CNC(=O)[C@@H]2Cc3c([nH]c4cc(O)ccc34)SC[C@H](NC(=O)CNC1=O)C(=O)N[C@@H](CC(N)=O)C(=O)N1C[C@H](O)C[C@H]1C(=O)NCC(=O)N2. The third-order valence-corrected chi connectivity index (χ3v) is 11.1. The molecular formula is C35H46N10O11S. The summed E-state index contributed by atoms with van der Waals surface area (Å²) < 4.78 is 0. The van der Waals surface area contributed by atoms with Gasteiger partial charge in [-0.05, 0) is 23.6 Å². The van der Waals surface area contributed by atoms with E-state index in [1.165, 1.54) is 12.1 Å². The zero-order valence-corrected chi connectivity index (χ0v) is 32.0. The number of hydrogen-bond donors (Lipinski definition) is 11. The molecule has 0 radical (unpaired) electrons. The first kappa shape index (κ1) is 42.2. The average Bonchev–Trinajstić information content (AvgIpc) is 3.72. The Balaban J connectivity index is 1.62. The van der Waals surface area contributed by atoms with Crippen molar-refractivity contribution in [2.75, 3.05) is 31.9 Å². The number of aromatic hydroxyl groups is 1. The van der Waals surface area contributed by atoms with Gasteiger partial charge in [-0.3, -0.25) is 43.2 Å². The lowest BCUT2D eigenvalue weighted by molar-refractivity contribution is -0.143. The Labute approximate surface area is 329 Å². The Hall–Kier alpha value is -5.90. The number of thioether (sulfide) groups is 1. The number of nitrogens with two attached hydrogens (primary N) is 1. The summed E-state index contributed by atoms with van der Waals surface area (Å²) in [6.07, 6.45) is -1.94. The maximum atomic E-state index is 14.0. The number of primary amides is 1. The van der Waals surface area contributed by atoms with Crippen LogP contribution in [0.5, 0.6) is 5.75 Å². The van der Waals surface area contributed by atoms with Crippen LogP contribution in [0, 0.1) is 5.92 Å². The molecule has 22 heteroatoms. The Kier molecular flexibility index (Phi) is 13.6. The smallest absolute Gasteiger partial charge is 0.246 e. The molecule has 1 saturated heterocycles. The topological polar surface area (TPSA) is 323 Å². The predicted octanol–water partition coefficient (Wildman–Crippen LogP) is -4.29. The molecular weight excluding hydrogens is 769 g/mol. The first-order valence-corrected chi connectivity index (χ1v) is 19.3. The van der Waals surface area contributed by atoms with E-state index in [2.05, 4.69) is 42.2 Å². The molecule has 0 saturated carbocycles. The number of nitrogens with zero attached hydrogens (tertiary/aromatic N) is 1. The first-order valence-electron chi connectivity index (χ1n) is 18.3. The van der Waals surface area contributed by atoms with Gasteiger partial charge in [-0.2, -0.15) is 0 Å². The normalized spacial score (nSPS) is 26.8. The molecule has 21 nitrogen and oxygen atoms in total. The second kappa shape index (κ2) is 18.4. The van der Waals surface area contributed by atoms with Crippen molar-refractivity contribution < 1.29 is 53.4 Å². The van der Waals surface area contributed by atoms with Crippen LogP contribution in [-0.2, 0) is 49.6 Å². The lowest BCUT2D eigenvalue weighted by Crippen LogP contribution is -2.59. The van der Waals surface area contributed by atoms with Gasteiger partial charge in [0.2, 0.25) is 53.2 Å². The number of carbonyl (C=O) groups excluding carboxylic acids is 9. The Morgan fingerprint density at radius 1 is 0.877 bits per heavy atom. The summed E-state index contributed by atoms with van der Waals surface area (Å²) in [6.45, 7) is 1.18. The van der Waals surface area contributed by atoms with Crippen LogP contribution in [0.4, 0.5) is 0 Å². The van der Waals surface area contributed by atoms with Gasteiger partial charge < -0.3 is 63.0 Å². The molecule has 1 aromatic carbocycles. The number of aliphatic hydroxyl groups is 1. The average molecular weight is 815 g/mol. The standard InChI is InChI=1S/C35H46N10O11S/c1-3-15(2)29-33(55)39-11-27(50)41-23-14-57-34-19(18-5-4-16(46)6-20(18)43-34)8-21(30(52)37-12-28(51)44-29)40-26(49)10-38-32(54)24-7-17(47)13-45(24)35(56)22(9-25(36)48)42-31(23)53/h4-6,15,17,21-24,29,43,46-47H,3,7-14H2,1-2H3,(H2,36,48)(H,37,52)(H,38,54)(H,39,55)(H,40,49)(H,41,50)(H,42,53)(H,44,51)/t15?,17-,21+,22+,23+,24+,29+/m1/s1.